The fourth-order valence-corrected chi connectivity index (χ4v) is 4.17. The molecule has 4 heterocycles. The molecule has 3 fully saturated rings. The predicted molar refractivity (Wildman–Crippen MR) is 102 cm³/mol. The SMILES string of the molecule is O=C1CCC(N2C(=O)c3ccc(C#CC4CN(C5CNC5)C4)cc3C2=O)C(=O)N1. The molecule has 3 saturated heterocycles. The predicted octanol–water partition coefficient (Wildman–Crippen LogP) is -0.657. The van der Waals surface area contributed by atoms with Crippen LogP contribution in [0.2, 0.25) is 0 Å². The van der Waals surface area contributed by atoms with Crippen LogP contribution < -0.4 is 10.6 Å². The molecular weight excluding hydrogens is 372 g/mol. The number of amides is 4. The lowest BCUT2D eigenvalue weighted by atomic mass is 9.95. The summed E-state index contributed by atoms with van der Waals surface area (Å²) in [5.74, 6) is 4.70. The lowest BCUT2D eigenvalue weighted by Gasteiger charge is -2.46. The number of hydrogen-bond acceptors (Lipinski definition) is 6. The highest BCUT2D eigenvalue weighted by atomic mass is 16.2. The van der Waals surface area contributed by atoms with Crippen molar-refractivity contribution in [3.05, 3.63) is 34.9 Å². The van der Waals surface area contributed by atoms with Gasteiger partial charge < -0.3 is 5.32 Å². The number of nitrogens with zero attached hydrogens (tertiary/aromatic N) is 2. The average Bonchev–Trinajstić information content (AvgIpc) is 2.86. The number of fused-ring (bicyclic) bond motifs is 1. The van der Waals surface area contributed by atoms with Crippen LogP contribution >= 0.6 is 0 Å². The Hall–Kier alpha value is -3.02. The van der Waals surface area contributed by atoms with Crippen molar-refractivity contribution in [1.82, 2.24) is 20.4 Å². The van der Waals surface area contributed by atoms with Crippen LogP contribution in [0, 0.1) is 17.8 Å². The highest BCUT2D eigenvalue weighted by Gasteiger charge is 2.44. The highest BCUT2D eigenvalue weighted by molar-refractivity contribution is 6.23. The molecular formula is C21H20N4O4. The quantitative estimate of drug-likeness (QED) is 0.512. The lowest BCUT2D eigenvalue weighted by molar-refractivity contribution is -0.136. The van der Waals surface area contributed by atoms with Crippen molar-refractivity contribution < 1.29 is 19.2 Å². The minimum Gasteiger partial charge on any atom is -0.314 e. The highest BCUT2D eigenvalue weighted by Crippen LogP contribution is 2.28. The van der Waals surface area contributed by atoms with Gasteiger partial charge in [-0.05, 0) is 24.6 Å². The zero-order valence-electron chi connectivity index (χ0n) is 15.7. The number of rotatable bonds is 2. The molecule has 5 rings (SSSR count). The second-order valence-electron chi connectivity index (χ2n) is 7.94. The third-order valence-electron chi connectivity index (χ3n) is 6.05. The summed E-state index contributed by atoms with van der Waals surface area (Å²) < 4.78 is 0. The van der Waals surface area contributed by atoms with Crippen LogP contribution in [0.15, 0.2) is 18.2 Å². The van der Waals surface area contributed by atoms with E-state index in [2.05, 4.69) is 27.4 Å². The van der Waals surface area contributed by atoms with Gasteiger partial charge in [0, 0.05) is 50.1 Å². The fourth-order valence-electron chi connectivity index (χ4n) is 4.17. The van der Waals surface area contributed by atoms with Gasteiger partial charge in [-0.25, -0.2) is 0 Å². The lowest BCUT2D eigenvalue weighted by Crippen LogP contribution is -2.63. The number of carbonyl (C=O) groups is 4. The molecule has 29 heavy (non-hydrogen) atoms. The second kappa shape index (κ2) is 6.79. The standard InChI is InChI=1S/C21H20N4O4/c26-18-6-5-17(19(27)23-18)25-20(28)15-4-3-12(7-16(15)21(25)29)1-2-13-10-24(11-13)14-8-22-9-14/h3-4,7,13-14,17,22H,5-6,8-11H2,(H,23,26,27). The summed E-state index contributed by atoms with van der Waals surface area (Å²) >= 11 is 0. The molecule has 0 radical (unpaired) electrons. The average molecular weight is 392 g/mol. The monoisotopic (exact) mass is 392 g/mol. The van der Waals surface area contributed by atoms with Gasteiger partial charge in [0.05, 0.1) is 11.1 Å². The first-order valence-corrected chi connectivity index (χ1v) is 9.83. The maximum atomic E-state index is 12.8. The molecule has 2 N–H and O–H groups in total. The zero-order chi connectivity index (χ0) is 20.1. The molecule has 0 bridgehead atoms. The van der Waals surface area contributed by atoms with E-state index in [0.29, 0.717) is 17.5 Å². The summed E-state index contributed by atoms with van der Waals surface area (Å²) in [5, 5.41) is 5.46. The van der Waals surface area contributed by atoms with Crippen molar-refractivity contribution in [2.45, 2.75) is 24.9 Å². The Labute approximate surface area is 167 Å². The van der Waals surface area contributed by atoms with Gasteiger partial charge in [-0.15, -0.1) is 0 Å². The van der Waals surface area contributed by atoms with Gasteiger partial charge in [0.25, 0.3) is 11.8 Å². The third kappa shape index (κ3) is 3.03. The van der Waals surface area contributed by atoms with Crippen molar-refractivity contribution >= 4 is 23.6 Å². The number of hydrogen-bond donors (Lipinski definition) is 2. The van der Waals surface area contributed by atoms with Gasteiger partial charge >= 0.3 is 0 Å². The van der Waals surface area contributed by atoms with Crippen molar-refractivity contribution in [3.8, 4) is 11.8 Å². The molecule has 1 atom stereocenters. The van der Waals surface area contributed by atoms with Gasteiger partial charge in [0.2, 0.25) is 11.8 Å². The topological polar surface area (TPSA) is 98.8 Å². The molecule has 0 spiro atoms. The van der Waals surface area contributed by atoms with Crippen LogP contribution in [-0.4, -0.2) is 71.7 Å². The number of piperidine rings is 1. The van der Waals surface area contributed by atoms with Gasteiger partial charge in [0.15, 0.2) is 0 Å². The van der Waals surface area contributed by atoms with Crippen LogP contribution in [0.1, 0.15) is 39.1 Å². The van der Waals surface area contributed by atoms with Crippen molar-refractivity contribution in [2.75, 3.05) is 26.2 Å². The normalized spacial score (nSPS) is 25.1. The van der Waals surface area contributed by atoms with E-state index >= 15 is 0 Å². The molecule has 4 aliphatic rings. The Balaban J connectivity index is 1.30. The summed E-state index contributed by atoms with van der Waals surface area (Å²) in [6, 6.07) is 4.64. The summed E-state index contributed by atoms with van der Waals surface area (Å²) in [4.78, 5) is 52.4. The number of likely N-dealkylation sites (tertiary alicyclic amines) is 1. The van der Waals surface area contributed by atoms with E-state index in [1.165, 1.54) is 0 Å². The van der Waals surface area contributed by atoms with Crippen molar-refractivity contribution in [1.29, 1.82) is 0 Å². The molecule has 1 aromatic rings. The van der Waals surface area contributed by atoms with E-state index in [4.69, 9.17) is 0 Å². The van der Waals surface area contributed by atoms with Crippen molar-refractivity contribution in [2.24, 2.45) is 5.92 Å². The van der Waals surface area contributed by atoms with E-state index in [1.54, 1.807) is 18.2 Å². The van der Waals surface area contributed by atoms with Crippen molar-refractivity contribution in [3.63, 3.8) is 0 Å². The third-order valence-corrected chi connectivity index (χ3v) is 6.05. The Morgan fingerprint density at radius 1 is 1.00 bits per heavy atom. The summed E-state index contributed by atoms with van der Waals surface area (Å²) in [5.41, 5.74) is 1.22. The first-order chi connectivity index (χ1) is 14.0. The van der Waals surface area contributed by atoms with E-state index < -0.39 is 23.8 Å². The molecule has 148 valence electrons. The minimum atomic E-state index is -0.948. The molecule has 8 heteroatoms. The summed E-state index contributed by atoms with van der Waals surface area (Å²) in [6.07, 6.45) is 0.257. The van der Waals surface area contributed by atoms with Crippen LogP contribution in [0.5, 0.6) is 0 Å². The zero-order valence-corrected chi connectivity index (χ0v) is 15.7. The smallest absolute Gasteiger partial charge is 0.262 e. The molecule has 0 saturated carbocycles. The van der Waals surface area contributed by atoms with E-state index in [1.807, 2.05) is 0 Å². The minimum absolute atomic E-state index is 0.107. The second-order valence-corrected chi connectivity index (χ2v) is 7.94. The van der Waals surface area contributed by atoms with Crippen LogP contribution in [0.4, 0.5) is 0 Å². The van der Waals surface area contributed by atoms with E-state index in [-0.39, 0.29) is 29.9 Å². The van der Waals surface area contributed by atoms with Crippen LogP contribution in [0.25, 0.3) is 0 Å². The first kappa shape index (κ1) is 18.0. The first-order valence-electron chi connectivity index (χ1n) is 9.83. The maximum absolute atomic E-state index is 12.8. The number of nitrogens with one attached hydrogen (secondary N) is 2. The fraction of sp³-hybridized carbons (Fsp3) is 0.429. The van der Waals surface area contributed by atoms with Gasteiger partial charge in [-0.2, -0.15) is 0 Å². The molecule has 4 aliphatic heterocycles. The molecule has 4 amide bonds. The number of carbonyl (C=O) groups excluding carboxylic acids is 4. The summed E-state index contributed by atoms with van der Waals surface area (Å²) in [6.45, 7) is 4.02. The molecule has 1 aromatic carbocycles. The summed E-state index contributed by atoms with van der Waals surface area (Å²) in [7, 11) is 0. The Kier molecular flexibility index (Phi) is 4.23. The maximum Gasteiger partial charge on any atom is 0.262 e. The number of imide groups is 2. The molecule has 8 nitrogen and oxygen atoms in total. The Morgan fingerprint density at radius 2 is 1.76 bits per heavy atom. The van der Waals surface area contributed by atoms with Gasteiger partial charge in [-0.1, -0.05) is 11.8 Å². The molecule has 0 aromatic heterocycles. The van der Waals surface area contributed by atoms with Gasteiger partial charge in [-0.3, -0.25) is 34.3 Å². The van der Waals surface area contributed by atoms with Gasteiger partial charge in [0.1, 0.15) is 6.04 Å². The molecule has 0 aliphatic carbocycles. The largest absolute Gasteiger partial charge is 0.314 e. The van der Waals surface area contributed by atoms with E-state index in [9.17, 15) is 19.2 Å². The van der Waals surface area contributed by atoms with Crippen LogP contribution in [0.3, 0.4) is 0 Å². The Morgan fingerprint density at radius 3 is 2.45 bits per heavy atom. The van der Waals surface area contributed by atoms with Crippen LogP contribution in [-0.2, 0) is 9.59 Å². The Bertz CT molecular complexity index is 998. The number of benzene rings is 1. The molecule has 1 unspecified atom stereocenters. The van der Waals surface area contributed by atoms with E-state index in [0.717, 1.165) is 31.1 Å².